The van der Waals surface area contributed by atoms with Crippen LogP contribution in [0, 0.1) is 12.3 Å². The second kappa shape index (κ2) is 8.79. The highest BCUT2D eigenvalue weighted by Gasteiger charge is 2.48. The maximum atomic E-state index is 12.5. The summed E-state index contributed by atoms with van der Waals surface area (Å²) in [6.45, 7) is 6.87. The molecule has 2 fully saturated rings. The number of alkyl halides is 3. The molecule has 160 valence electrons. The molecular formula is C19H24F3N3O4. The van der Waals surface area contributed by atoms with Crippen molar-refractivity contribution in [3.8, 4) is 0 Å². The van der Waals surface area contributed by atoms with Gasteiger partial charge < -0.3 is 14.9 Å². The van der Waals surface area contributed by atoms with Crippen LogP contribution < -0.4 is 0 Å². The van der Waals surface area contributed by atoms with Crippen molar-refractivity contribution in [3.05, 3.63) is 29.6 Å². The quantitative estimate of drug-likeness (QED) is 0.802. The van der Waals surface area contributed by atoms with Gasteiger partial charge in [0.15, 0.2) is 0 Å². The molecule has 1 N–H and O–H groups in total. The third-order valence-electron chi connectivity index (χ3n) is 5.34. The zero-order chi connectivity index (χ0) is 21.8. The van der Waals surface area contributed by atoms with Gasteiger partial charge in [-0.05, 0) is 45.2 Å². The lowest BCUT2D eigenvalue weighted by atomic mass is 9.77. The molecule has 2 aliphatic rings. The fourth-order valence-electron chi connectivity index (χ4n) is 3.62. The minimum absolute atomic E-state index is 0.0173. The van der Waals surface area contributed by atoms with Crippen LogP contribution >= 0.6 is 0 Å². The van der Waals surface area contributed by atoms with Crippen LogP contribution in [-0.2, 0) is 9.59 Å². The maximum Gasteiger partial charge on any atom is 0.490 e. The number of carboxylic acid groups (broad SMARTS) is 1. The van der Waals surface area contributed by atoms with Gasteiger partial charge in [-0.25, -0.2) is 9.78 Å². The summed E-state index contributed by atoms with van der Waals surface area (Å²) in [7, 11) is 0. The molecule has 1 aromatic heterocycles. The standard InChI is InChI=1S/C17H23N3O2.C2HF3O2/c1-3-19-10-7-17(16(19)22)8-11-20(12-9-17)15(21)14-6-4-5-13(2)18-14;3-2(4,5)1(6)7/h4-6H,3,7-12H2,1-2H3;(H,6,7). The number of carbonyl (C=O) groups excluding carboxylic acids is 2. The molecule has 29 heavy (non-hydrogen) atoms. The van der Waals surface area contributed by atoms with E-state index >= 15 is 0 Å². The van der Waals surface area contributed by atoms with Gasteiger partial charge in [0, 0.05) is 31.9 Å². The summed E-state index contributed by atoms with van der Waals surface area (Å²) in [6, 6.07) is 5.51. The lowest BCUT2D eigenvalue weighted by Gasteiger charge is -2.37. The van der Waals surface area contributed by atoms with Gasteiger partial charge in [-0.15, -0.1) is 0 Å². The van der Waals surface area contributed by atoms with Crippen LogP contribution in [0.4, 0.5) is 13.2 Å². The summed E-state index contributed by atoms with van der Waals surface area (Å²) in [5.41, 5.74) is 1.14. The number of hydrogen-bond donors (Lipinski definition) is 1. The zero-order valence-corrected chi connectivity index (χ0v) is 16.3. The van der Waals surface area contributed by atoms with E-state index in [9.17, 15) is 22.8 Å². The predicted molar refractivity (Wildman–Crippen MR) is 97.1 cm³/mol. The Morgan fingerprint density at radius 3 is 2.17 bits per heavy atom. The number of rotatable bonds is 2. The Bertz CT molecular complexity index is 774. The Morgan fingerprint density at radius 1 is 1.17 bits per heavy atom. The molecule has 10 heteroatoms. The number of aliphatic carboxylic acids is 1. The molecule has 2 saturated heterocycles. The van der Waals surface area contributed by atoms with Crippen LogP contribution in [0.15, 0.2) is 18.2 Å². The highest BCUT2D eigenvalue weighted by Crippen LogP contribution is 2.41. The average Bonchev–Trinajstić information content (AvgIpc) is 2.97. The highest BCUT2D eigenvalue weighted by atomic mass is 19.4. The monoisotopic (exact) mass is 415 g/mol. The molecule has 3 heterocycles. The fourth-order valence-corrected chi connectivity index (χ4v) is 3.62. The van der Waals surface area contributed by atoms with Crippen LogP contribution in [0.5, 0.6) is 0 Å². The van der Waals surface area contributed by atoms with Gasteiger partial charge in [0.25, 0.3) is 5.91 Å². The first-order valence-electron chi connectivity index (χ1n) is 9.32. The molecule has 0 unspecified atom stereocenters. The molecule has 2 aliphatic heterocycles. The van der Waals surface area contributed by atoms with Gasteiger partial charge >= 0.3 is 12.1 Å². The number of pyridine rings is 1. The molecule has 7 nitrogen and oxygen atoms in total. The summed E-state index contributed by atoms with van der Waals surface area (Å²) < 4.78 is 31.7. The molecule has 0 radical (unpaired) electrons. The van der Waals surface area contributed by atoms with Gasteiger partial charge in [0.2, 0.25) is 5.91 Å². The fraction of sp³-hybridized carbons (Fsp3) is 0.579. The largest absolute Gasteiger partial charge is 0.490 e. The van der Waals surface area contributed by atoms with E-state index in [0.29, 0.717) is 18.8 Å². The number of hydrogen-bond acceptors (Lipinski definition) is 4. The van der Waals surface area contributed by atoms with Gasteiger partial charge in [0.05, 0.1) is 5.41 Å². The molecule has 0 aromatic carbocycles. The summed E-state index contributed by atoms with van der Waals surface area (Å²) in [4.78, 5) is 42.0. The van der Waals surface area contributed by atoms with Crippen molar-refractivity contribution in [2.75, 3.05) is 26.2 Å². The van der Waals surface area contributed by atoms with Crippen LogP contribution in [0.1, 0.15) is 42.4 Å². The topological polar surface area (TPSA) is 90.8 Å². The number of likely N-dealkylation sites (tertiary alicyclic amines) is 2. The SMILES string of the molecule is CCN1CCC2(CCN(C(=O)c3cccc(C)n3)CC2)C1=O.O=C(O)C(F)(F)F. The van der Waals surface area contributed by atoms with Crippen molar-refractivity contribution in [1.29, 1.82) is 0 Å². The normalized spacial score (nSPS) is 18.4. The van der Waals surface area contributed by atoms with Gasteiger partial charge in [0.1, 0.15) is 5.69 Å². The van der Waals surface area contributed by atoms with E-state index < -0.39 is 12.1 Å². The van der Waals surface area contributed by atoms with Crippen molar-refractivity contribution in [3.63, 3.8) is 0 Å². The summed E-state index contributed by atoms with van der Waals surface area (Å²) in [6.07, 6.45) is -2.59. The Balaban J connectivity index is 0.000000370. The number of halogens is 3. The van der Waals surface area contributed by atoms with E-state index in [4.69, 9.17) is 9.90 Å². The first-order chi connectivity index (χ1) is 13.5. The molecule has 3 rings (SSSR count). The van der Waals surface area contributed by atoms with E-state index in [1.54, 1.807) is 6.07 Å². The highest BCUT2D eigenvalue weighted by molar-refractivity contribution is 5.93. The van der Waals surface area contributed by atoms with Gasteiger partial charge in [-0.2, -0.15) is 13.2 Å². The lowest BCUT2D eigenvalue weighted by Crippen LogP contribution is -2.46. The Morgan fingerprint density at radius 2 is 1.72 bits per heavy atom. The van der Waals surface area contributed by atoms with Gasteiger partial charge in [-0.1, -0.05) is 6.07 Å². The molecule has 0 saturated carbocycles. The van der Waals surface area contributed by atoms with Crippen molar-refractivity contribution >= 4 is 17.8 Å². The number of carbonyl (C=O) groups is 3. The maximum absolute atomic E-state index is 12.5. The second-order valence-corrected chi connectivity index (χ2v) is 7.17. The van der Waals surface area contributed by atoms with Crippen LogP contribution in [-0.4, -0.2) is 70.0 Å². The first-order valence-corrected chi connectivity index (χ1v) is 9.32. The minimum atomic E-state index is -5.08. The molecule has 1 spiro atoms. The third kappa shape index (κ3) is 5.24. The molecule has 0 atom stereocenters. The number of nitrogens with zero attached hydrogens (tertiary/aromatic N) is 3. The predicted octanol–water partition coefficient (Wildman–Crippen LogP) is 2.50. The van der Waals surface area contributed by atoms with E-state index in [-0.39, 0.29) is 17.2 Å². The van der Waals surface area contributed by atoms with E-state index in [1.165, 1.54) is 0 Å². The Kier molecular flexibility index (Phi) is 6.86. The van der Waals surface area contributed by atoms with Crippen LogP contribution in [0.2, 0.25) is 0 Å². The van der Waals surface area contributed by atoms with Gasteiger partial charge in [-0.3, -0.25) is 9.59 Å². The lowest BCUT2D eigenvalue weighted by molar-refractivity contribution is -0.192. The molecule has 1 aromatic rings. The number of aromatic nitrogens is 1. The summed E-state index contributed by atoms with van der Waals surface area (Å²) in [5.74, 6) is -2.49. The van der Waals surface area contributed by atoms with Crippen molar-refractivity contribution < 1.29 is 32.7 Å². The molecule has 2 amide bonds. The minimum Gasteiger partial charge on any atom is -0.475 e. The van der Waals surface area contributed by atoms with Crippen molar-refractivity contribution in [2.45, 2.75) is 39.3 Å². The summed E-state index contributed by atoms with van der Waals surface area (Å²) in [5, 5.41) is 7.12. The average molecular weight is 415 g/mol. The van der Waals surface area contributed by atoms with Crippen molar-refractivity contribution in [1.82, 2.24) is 14.8 Å². The first kappa shape index (κ1) is 22.6. The molecular weight excluding hydrogens is 391 g/mol. The number of amides is 2. The third-order valence-corrected chi connectivity index (χ3v) is 5.34. The van der Waals surface area contributed by atoms with Crippen molar-refractivity contribution in [2.24, 2.45) is 5.41 Å². The smallest absolute Gasteiger partial charge is 0.475 e. The number of piperidine rings is 1. The zero-order valence-electron chi connectivity index (χ0n) is 16.3. The van der Waals surface area contributed by atoms with E-state index in [0.717, 1.165) is 38.0 Å². The Labute approximate surface area is 166 Å². The van der Waals surface area contributed by atoms with Crippen LogP contribution in [0.3, 0.4) is 0 Å². The Hall–Kier alpha value is -2.65. The molecule has 0 aliphatic carbocycles. The summed E-state index contributed by atoms with van der Waals surface area (Å²) >= 11 is 0. The van der Waals surface area contributed by atoms with E-state index in [2.05, 4.69) is 4.98 Å². The second-order valence-electron chi connectivity index (χ2n) is 7.17. The molecule has 0 bridgehead atoms. The number of carboxylic acids is 1. The van der Waals surface area contributed by atoms with E-state index in [1.807, 2.05) is 35.8 Å². The number of aryl methyl sites for hydroxylation is 1. The van der Waals surface area contributed by atoms with Crippen LogP contribution in [0.25, 0.3) is 0 Å².